The molecule has 2 N–H and O–H groups in total. The summed E-state index contributed by atoms with van der Waals surface area (Å²) in [5, 5.41) is 12.6. The molecule has 0 bridgehead atoms. The predicted octanol–water partition coefficient (Wildman–Crippen LogP) is 2.65. The number of benzene rings is 1. The third-order valence-corrected chi connectivity index (χ3v) is 3.76. The van der Waals surface area contributed by atoms with Crippen LogP contribution in [0.1, 0.15) is 36.2 Å². The Labute approximate surface area is 110 Å². The summed E-state index contributed by atoms with van der Waals surface area (Å²) < 4.78 is 0.910. The van der Waals surface area contributed by atoms with E-state index in [-0.39, 0.29) is 12.5 Å². The van der Waals surface area contributed by atoms with Crippen LogP contribution in [0.25, 0.3) is 0 Å². The number of nitrogens with one attached hydrogen (secondary N) is 1. The summed E-state index contributed by atoms with van der Waals surface area (Å²) in [7, 11) is 0. The van der Waals surface area contributed by atoms with Crippen LogP contribution in [0.5, 0.6) is 0 Å². The maximum atomic E-state index is 11.9. The Bertz CT molecular complexity index is 416. The van der Waals surface area contributed by atoms with E-state index in [2.05, 4.69) is 21.2 Å². The van der Waals surface area contributed by atoms with Gasteiger partial charge in [-0.1, -0.05) is 28.9 Å². The van der Waals surface area contributed by atoms with Gasteiger partial charge in [0.15, 0.2) is 0 Å². The maximum Gasteiger partial charge on any atom is 0.251 e. The van der Waals surface area contributed by atoms with Crippen LogP contribution >= 0.6 is 15.9 Å². The van der Waals surface area contributed by atoms with Gasteiger partial charge in [0.05, 0.1) is 5.60 Å². The summed E-state index contributed by atoms with van der Waals surface area (Å²) >= 11 is 3.39. The molecule has 0 aromatic heterocycles. The number of hydrogen-bond donors (Lipinski definition) is 2. The lowest BCUT2D eigenvalue weighted by Crippen LogP contribution is -2.40. The fraction of sp³-hybridized carbons (Fsp3) is 0.462. The number of hydrogen-bond acceptors (Lipinski definition) is 2. The largest absolute Gasteiger partial charge is 0.388 e. The van der Waals surface area contributed by atoms with Crippen molar-refractivity contribution < 1.29 is 9.90 Å². The van der Waals surface area contributed by atoms with E-state index in [0.717, 1.165) is 10.0 Å². The molecule has 0 saturated heterocycles. The zero-order valence-electron chi connectivity index (χ0n) is 10.4. The molecule has 1 atom stereocenters. The Kier molecular flexibility index (Phi) is 4.71. The van der Waals surface area contributed by atoms with Crippen LogP contribution in [0.4, 0.5) is 0 Å². The second-order valence-electron chi connectivity index (χ2n) is 4.45. The third-order valence-electron chi connectivity index (χ3n) is 2.90. The van der Waals surface area contributed by atoms with E-state index in [1.807, 2.05) is 26.0 Å². The van der Waals surface area contributed by atoms with Crippen LogP contribution in [0.15, 0.2) is 22.7 Å². The maximum absolute atomic E-state index is 11.9. The van der Waals surface area contributed by atoms with Gasteiger partial charge in [0.25, 0.3) is 5.91 Å². The Morgan fingerprint density at radius 1 is 1.53 bits per heavy atom. The Morgan fingerprint density at radius 3 is 2.76 bits per heavy atom. The zero-order chi connectivity index (χ0) is 13.1. The van der Waals surface area contributed by atoms with Crippen molar-refractivity contribution in [3.05, 3.63) is 33.8 Å². The highest BCUT2D eigenvalue weighted by Crippen LogP contribution is 2.19. The van der Waals surface area contributed by atoms with Gasteiger partial charge in [-0.2, -0.15) is 0 Å². The molecule has 1 rings (SSSR count). The number of carbonyl (C=O) groups excluding carboxylic acids is 1. The van der Waals surface area contributed by atoms with Crippen molar-refractivity contribution in [1.29, 1.82) is 0 Å². The minimum absolute atomic E-state index is 0.155. The third kappa shape index (κ3) is 3.82. The Morgan fingerprint density at radius 2 is 2.18 bits per heavy atom. The molecule has 1 aromatic carbocycles. The first kappa shape index (κ1) is 14.2. The summed E-state index contributed by atoms with van der Waals surface area (Å²) in [6.07, 6.45) is 0.602. The van der Waals surface area contributed by atoms with Crippen molar-refractivity contribution in [1.82, 2.24) is 5.32 Å². The van der Waals surface area contributed by atoms with Crippen LogP contribution < -0.4 is 5.32 Å². The van der Waals surface area contributed by atoms with Gasteiger partial charge in [-0.25, -0.2) is 0 Å². The predicted molar refractivity (Wildman–Crippen MR) is 72.1 cm³/mol. The van der Waals surface area contributed by atoms with E-state index in [1.54, 1.807) is 13.0 Å². The van der Waals surface area contributed by atoms with Gasteiger partial charge in [0, 0.05) is 16.6 Å². The lowest BCUT2D eigenvalue weighted by Gasteiger charge is -2.21. The number of rotatable bonds is 4. The molecule has 0 aliphatic rings. The zero-order valence-corrected chi connectivity index (χ0v) is 12.0. The quantitative estimate of drug-likeness (QED) is 0.898. The van der Waals surface area contributed by atoms with Crippen molar-refractivity contribution in [2.24, 2.45) is 0 Å². The molecular formula is C13H18BrNO2. The summed E-state index contributed by atoms with van der Waals surface area (Å²) in [5.74, 6) is -0.155. The monoisotopic (exact) mass is 299 g/mol. The lowest BCUT2D eigenvalue weighted by molar-refractivity contribution is 0.0518. The summed E-state index contributed by atoms with van der Waals surface area (Å²) in [5.41, 5.74) is 0.683. The molecule has 1 amide bonds. The molecule has 17 heavy (non-hydrogen) atoms. The van der Waals surface area contributed by atoms with Gasteiger partial charge >= 0.3 is 0 Å². The van der Waals surface area contributed by atoms with Crippen LogP contribution in [0, 0.1) is 6.92 Å². The molecule has 3 nitrogen and oxygen atoms in total. The second-order valence-corrected chi connectivity index (χ2v) is 5.30. The van der Waals surface area contributed by atoms with E-state index in [4.69, 9.17) is 0 Å². The number of amides is 1. The average molecular weight is 300 g/mol. The fourth-order valence-corrected chi connectivity index (χ4v) is 1.71. The van der Waals surface area contributed by atoms with Gasteiger partial charge in [0.1, 0.15) is 0 Å². The lowest BCUT2D eigenvalue weighted by atomic mass is 10.0. The fourth-order valence-electron chi connectivity index (χ4n) is 1.34. The van der Waals surface area contributed by atoms with E-state index < -0.39 is 5.60 Å². The van der Waals surface area contributed by atoms with Crippen molar-refractivity contribution in [2.45, 2.75) is 32.8 Å². The molecule has 0 fully saturated rings. The highest BCUT2D eigenvalue weighted by molar-refractivity contribution is 9.10. The van der Waals surface area contributed by atoms with E-state index in [0.29, 0.717) is 12.0 Å². The van der Waals surface area contributed by atoms with Crippen molar-refractivity contribution in [2.75, 3.05) is 6.54 Å². The molecule has 0 aliphatic carbocycles. The highest BCUT2D eigenvalue weighted by atomic mass is 79.9. The second kappa shape index (κ2) is 5.65. The Balaban J connectivity index is 2.74. The molecule has 1 unspecified atom stereocenters. The molecule has 4 heteroatoms. The van der Waals surface area contributed by atoms with Crippen LogP contribution in [0.3, 0.4) is 0 Å². The topological polar surface area (TPSA) is 49.3 Å². The van der Waals surface area contributed by atoms with Crippen molar-refractivity contribution in [3.63, 3.8) is 0 Å². The van der Waals surface area contributed by atoms with Gasteiger partial charge in [-0.15, -0.1) is 0 Å². The molecule has 0 spiro atoms. The molecule has 1 aromatic rings. The molecule has 0 saturated carbocycles. The minimum atomic E-state index is -0.852. The molecule has 94 valence electrons. The first-order valence-corrected chi connectivity index (χ1v) is 6.42. The van der Waals surface area contributed by atoms with Crippen LogP contribution in [-0.2, 0) is 0 Å². The highest BCUT2D eigenvalue weighted by Gasteiger charge is 2.19. The molecule has 0 aliphatic heterocycles. The number of carbonyl (C=O) groups is 1. The van der Waals surface area contributed by atoms with E-state index >= 15 is 0 Å². The molecule has 0 heterocycles. The van der Waals surface area contributed by atoms with Gasteiger partial charge in [-0.3, -0.25) is 4.79 Å². The Hall–Kier alpha value is -0.870. The number of halogens is 1. The van der Waals surface area contributed by atoms with Crippen molar-refractivity contribution >= 4 is 21.8 Å². The first-order chi connectivity index (χ1) is 7.87. The molecular weight excluding hydrogens is 282 g/mol. The van der Waals surface area contributed by atoms with E-state index in [9.17, 15) is 9.90 Å². The first-order valence-electron chi connectivity index (χ1n) is 5.63. The van der Waals surface area contributed by atoms with Crippen LogP contribution in [-0.4, -0.2) is 23.2 Å². The van der Waals surface area contributed by atoms with Gasteiger partial charge < -0.3 is 10.4 Å². The van der Waals surface area contributed by atoms with Crippen LogP contribution in [0.2, 0.25) is 0 Å². The average Bonchev–Trinajstić information content (AvgIpc) is 2.30. The smallest absolute Gasteiger partial charge is 0.251 e. The minimum Gasteiger partial charge on any atom is -0.388 e. The van der Waals surface area contributed by atoms with E-state index in [1.165, 1.54) is 0 Å². The summed E-state index contributed by atoms with van der Waals surface area (Å²) in [6, 6.07) is 5.49. The van der Waals surface area contributed by atoms with Crippen molar-refractivity contribution in [3.8, 4) is 0 Å². The number of aliphatic hydroxyl groups is 1. The normalized spacial score (nSPS) is 14.2. The molecule has 0 radical (unpaired) electrons. The van der Waals surface area contributed by atoms with Gasteiger partial charge in [0.2, 0.25) is 0 Å². The standard InChI is InChI=1S/C13H18BrNO2/c1-4-13(3,17)8-15-12(16)10-6-5-7-11(14)9(10)2/h5-7,17H,4,8H2,1-3H3,(H,15,16). The summed E-state index contributed by atoms with van der Waals surface area (Å²) in [6.45, 7) is 5.74. The van der Waals surface area contributed by atoms with Gasteiger partial charge in [-0.05, 0) is 38.0 Å². The summed E-state index contributed by atoms with van der Waals surface area (Å²) in [4.78, 5) is 11.9. The SMILES string of the molecule is CCC(C)(O)CNC(=O)c1cccc(Br)c1C.